The molecule has 0 amide bonds. The molecule has 6 heteroatoms. The van der Waals surface area contributed by atoms with Crippen LogP contribution in [-0.4, -0.2) is 54.4 Å². The molecule has 0 unspecified atom stereocenters. The maximum atomic E-state index is 6.57. The quantitative estimate of drug-likeness (QED) is 0.249. The molecule has 0 fully saturated rings. The summed E-state index contributed by atoms with van der Waals surface area (Å²) in [5.74, 6) is 0. The molecule has 0 aliphatic heterocycles. The Kier molecular flexibility index (Phi) is 12.1. The Hall–Kier alpha value is -0.243. The monoisotopic (exact) mass is 376 g/mol. The molecule has 25 heavy (non-hydrogen) atoms. The van der Waals surface area contributed by atoms with Crippen LogP contribution in [0.2, 0.25) is 18.1 Å². The molecule has 0 aromatic carbocycles. The molecule has 0 saturated heterocycles. The summed E-state index contributed by atoms with van der Waals surface area (Å²) in [4.78, 5) is 0. The van der Waals surface area contributed by atoms with Crippen LogP contribution >= 0.6 is 0 Å². The van der Waals surface area contributed by atoms with Gasteiger partial charge >= 0.3 is 0 Å². The molecular weight excluding hydrogens is 336 g/mol. The van der Waals surface area contributed by atoms with Gasteiger partial charge in [-0.1, -0.05) is 46.6 Å². The van der Waals surface area contributed by atoms with Crippen LogP contribution in [0.1, 0.15) is 47.0 Å². The summed E-state index contributed by atoms with van der Waals surface area (Å²) in [7, 11) is 1.26. The predicted molar refractivity (Wildman–Crippen MR) is 105 cm³/mol. The second kappa shape index (κ2) is 12.2. The maximum absolute atomic E-state index is 6.57. The second-order valence-corrected chi connectivity index (χ2v) is 12.6. The van der Waals surface area contributed by atoms with E-state index in [2.05, 4.69) is 47.4 Å². The summed E-state index contributed by atoms with van der Waals surface area (Å²) in [6.45, 7) is 17.7. The molecule has 0 bridgehead atoms. The zero-order chi connectivity index (χ0) is 19.5. The summed E-state index contributed by atoms with van der Waals surface area (Å²) < 4.78 is 28.7. The van der Waals surface area contributed by atoms with E-state index in [-0.39, 0.29) is 36.9 Å². The molecule has 5 nitrogen and oxygen atoms in total. The average Bonchev–Trinajstić information content (AvgIpc) is 2.54. The van der Waals surface area contributed by atoms with Crippen molar-refractivity contribution in [1.29, 1.82) is 0 Å². The van der Waals surface area contributed by atoms with E-state index in [1.807, 2.05) is 6.08 Å². The first-order valence-corrected chi connectivity index (χ1v) is 12.1. The minimum Gasteiger partial charge on any atom is -0.408 e. The third-order valence-electron chi connectivity index (χ3n) is 4.78. The highest BCUT2D eigenvalue weighted by Gasteiger charge is 2.42. The number of unbranched alkanes of at least 4 members (excludes halogenated alkanes) is 1. The van der Waals surface area contributed by atoms with Gasteiger partial charge in [0.15, 0.2) is 8.32 Å². The van der Waals surface area contributed by atoms with Crippen molar-refractivity contribution in [3.05, 3.63) is 12.7 Å². The standard InChI is InChI=1S/C19H40O5Si/c1-10-12-13-17(22-14-20-6)18(23-15-21-7)16(11-2)24-25(8,9)19(3,4)5/h11,16-18H,2,10,12-15H2,1,3-9H3/t16-,17+,18+/m1/s1. The van der Waals surface area contributed by atoms with Crippen LogP contribution < -0.4 is 0 Å². The molecule has 0 N–H and O–H groups in total. The largest absolute Gasteiger partial charge is 0.408 e. The third-order valence-corrected chi connectivity index (χ3v) is 9.25. The molecule has 0 aromatic rings. The Bertz CT molecular complexity index is 346. The van der Waals surface area contributed by atoms with Crippen LogP contribution in [0, 0.1) is 0 Å². The van der Waals surface area contributed by atoms with Gasteiger partial charge in [-0.2, -0.15) is 0 Å². The van der Waals surface area contributed by atoms with Gasteiger partial charge in [-0.3, -0.25) is 0 Å². The van der Waals surface area contributed by atoms with E-state index >= 15 is 0 Å². The molecule has 0 radical (unpaired) electrons. The van der Waals surface area contributed by atoms with Crippen LogP contribution in [0.5, 0.6) is 0 Å². The topological polar surface area (TPSA) is 46.2 Å². The third kappa shape index (κ3) is 8.80. The van der Waals surface area contributed by atoms with Crippen LogP contribution in [0.25, 0.3) is 0 Å². The molecule has 0 heterocycles. The lowest BCUT2D eigenvalue weighted by molar-refractivity contribution is -0.178. The molecule has 0 rings (SSSR count). The van der Waals surface area contributed by atoms with Crippen molar-refractivity contribution in [2.24, 2.45) is 0 Å². The maximum Gasteiger partial charge on any atom is 0.193 e. The van der Waals surface area contributed by atoms with Gasteiger partial charge in [-0.05, 0) is 24.6 Å². The molecule has 150 valence electrons. The first-order chi connectivity index (χ1) is 11.6. The molecule has 0 spiro atoms. The Labute approximate surface area is 156 Å². The molecule has 0 aliphatic rings. The van der Waals surface area contributed by atoms with Gasteiger partial charge in [0, 0.05) is 14.2 Å². The van der Waals surface area contributed by atoms with Crippen LogP contribution in [0.15, 0.2) is 12.7 Å². The van der Waals surface area contributed by atoms with Crippen molar-refractivity contribution in [3.63, 3.8) is 0 Å². The highest BCUT2D eigenvalue weighted by Crippen LogP contribution is 2.38. The van der Waals surface area contributed by atoms with Gasteiger partial charge in [0.25, 0.3) is 0 Å². The van der Waals surface area contributed by atoms with Crippen molar-refractivity contribution in [1.82, 2.24) is 0 Å². The Morgan fingerprint density at radius 3 is 2.04 bits per heavy atom. The summed E-state index contributed by atoms with van der Waals surface area (Å²) in [6, 6.07) is 0. The van der Waals surface area contributed by atoms with E-state index in [1.165, 1.54) is 0 Å². The van der Waals surface area contributed by atoms with Crippen LogP contribution in [0.3, 0.4) is 0 Å². The fraction of sp³-hybridized carbons (Fsp3) is 0.895. The van der Waals surface area contributed by atoms with Crippen LogP contribution in [-0.2, 0) is 23.4 Å². The van der Waals surface area contributed by atoms with Crippen molar-refractivity contribution in [2.75, 3.05) is 27.8 Å². The van der Waals surface area contributed by atoms with E-state index in [0.717, 1.165) is 19.3 Å². The lowest BCUT2D eigenvalue weighted by Crippen LogP contribution is -2.50. The lowest BCUT2D eigenvalue weighted by Gasteiger charge is -2.41. The molecule has 3 atom stereocenters. The van der Waals surface area contributed by atoms with Crippen molar-refractivity contribution in [3.8, 4) is 0 Å². The fourth-order valence-corrected chi connectivity index (χ4v) is 3.49. The van der Waals surface area contributed by atoms with Gasteiger partial charge in [0.1, 0.15) is 19.7 Å². The Balaban J connectivity index is 5.40. The smallest absolute Gasteiger partial charge is 0.193 e. The number of hydrogen-bond donors (Lipinski definition) is 0. The van der Waals surface area contributed by atoms with Gasteiger partial charge in [-0.25, -0.2) is 0 Å². The first-order valence-electron chi connectivity index (χ1n) is 9.16. The van der Waals surface area contributed by atoms with E-state index < -0.39 is 8.32 Å². The highest BCUT2D eigenvalue weighted by atomic mass is 28.4. The summed E-state index contributed by atoms with van der Waals surface area (Å²) in [5.41, 5.74) is 0. The van der Waals surface area contributed by atoms with E-state index in [0.29, 0.717) is 0 Å². The lowest BCUT2D eigenvalue weighted by atomic mass is 10.0. The van der Waals surface area contributed by atoms with Crippen molar-refractivity contribution >= 4 is 8.32 Å². The number of methoxy groups -OCH3 is 2. The predicted octanol–water partition coefficient (Wildman–Crippen LogP) is 4.73. The van der Waals surface area contributed by atoms with Gasteiger partial charge in [0.05, 0.1) is 12.2 Å². The van der Waals surface area contributed by atoms with Gasteiger partial charge in [-0.15, -0.1) is 6.58 Å². The Morgan fingerprint density at radius 1 is 1.04 bits per heavy atom. The van der Waals surface area contributed by atoms with Gasteiger partial charge < -0.3 is 23.4 Å². The van der Waals surface area contributed by atoms with E-state index in [4.69, 9.17) is 23.4 Å². The summed E-state index contributed by atoms with van der Waals surface area (Å²) >= 11 is 0. The normalized spacial score (nSPS) is 16.5. The number of hydrogen-bond acceptors (Lipinski definition) is 5. The van der Waals surface area contributed by atoms with Crippen molar-refractivity contribution < 1.29 is 23.4 Å². The zero-order valence-electron chi connectivity index (χ0n) is 17.6. The highest BCUT2D eigenvalue weighted by molar-refractivity contribution is 6.74. The minimum absolute atomic E-state index is 0.104. The molecule has 0 aromatic heterocycles. The minimum atomic E-state index is -1.98. The first kappa shape index (κ1) is 24.8. The van der Waals surface area contributed by atoms with Crippen LogP contribution in [0.4, 0.5) is 0 Å². The van der Waals surface area contributed by atoms with E-state index in [9.17, 15) is 0 Å². The second-order valence-electron chi connectivity index (χ2n) is 7.87. The Morgan fingerprint density at radius 2 is 1.60 bits per heavy atom. The van der Waals surface area contributed by atoms with Crippen molar-refractivity contribution in [2.45, 2.75) is 83.4 Å². The SMILES string of the molecule is C=C[C@@H](O[Si](C)(C)C(C)(C)C)[C@H](OCOC)[C@H](CCCC)OCOC. The average molecular weight is 377 g/mol. The van der Waals surface area contributed by atoms with Gasteiger partial charge in [0.2, 0.25) is 0 Å². The summed E-state index contributed by atoms with van der Waals surface area (Å²) in [6.07, 6.45) is 4.16. The molecule has 0 saturated carbocycles. The number of rotatable bonds is 14. The fourth-order valence-electron chi connectivity index (χ4n) is 2.23. The zero-order valence-corrected chi connectivity index (χ0v) is 18.6. The molecular formula is C19H40O5Si. The van der Waals surface area contributed by atoms with E-state index in [1.54, 1.807) is 14.2 Å². The summed E-state index contributed by atoms with van der Waals surface area (Å²) in [5, 5.41) is 0.104. The number of ether oxygens (including phenoxy) is 4. The molecule has 0 aliphatic carbocycles.